The summed E-state index contributed by atoms with van der Waals surface area (Å²) in [6.07, 6.45) is 5.64. The van der Waals surface area contributed by atoms with Gasteiger partial charge in [0.2, 0.25) is 17.8 Å². The Morgan fingerprint density at radius 1 is 0.913 bits per heavy atom. The molecule has 0 unspecified atom stereocenters. The fourth-order valence-electron chi connectivity index (χ4n) is 1.84. The predicted octanol–water partition coefficient (Wildman–Crippen LogP) is 1.49. The molecular formula is C15H23N7O. The van der Waals surface area contributed by atoms with E-state index in [1.54, 1.807) is 12.4 Å². The first kappa shape index (κ1) is 16.9. The minimum atomic E-state index is 0.0179. The number of aromatic nitrogens is 4. The molecule has 0 spiro atoms. The van der Waals surface area contributed by atoms with E-state index in [1.807, 2.05) is 12.1 Å². The number of hydrogen-bond acceptors (Lipinski definition) is 8. The summed E-state index contributed by atoms with van der Waals surface area (Å²) in [6.45, 7) is 3.95. The third-order valence-corrected chi connectivity index (χ3v) is 3.04. The number of anilines is 3. The van der Waals surface area contributed by atoms with Crippen LogP contribution in [0.15, 0.2) is 24.5 Å². The van der Waals surface area contributed by atoms with Gasteiger partial charge in [-0.1, -0.05) is 13.3 Å². The molecule has 0 aliphatic heterocycles. The lowest BCUT2D eigenvalue weighted by Crippen LogP contribution is -2.14. The summed E-state index contributed by atoms with van der Waals surface area (Å²) in [5, 5.41) is 18.2. The van der Waals surface area contributed by atoms with Gasteiger partial charge in [-0.15, -0.1) is 0 Å². The summed E-state index contributed by atoms with van der Waals surface area (Å²) in [5.74, 6) is 1.44. The van der Waals surface area contributed by atoms with Gasteiger partial charge in [0, 0.05) is 32.0 Å². The summed E-state index contributed by atoms with van der Waals surface area (Å²) in [6, 6.07) is 3.86. The Morgan fingerprint density at radius 3 is 2.13 bits per heavy atom. The number of unbranched alkanes of at least 4 members (excludes halogenated alkanes) is 1. The van der Waals surface area contributed by atoms with Crippen molar-refractivity contribution >= 4 is 17.8 Å². The third kappa shape index (κ3) is 6.03. The number of pyridine rings is 1. The molecule has 0 saturated heterocycles. The molecular weight excluding hydrogens is 294 g/mol. The van der Waals surface area contributed by atoms with Crippen LogP contribution >= 0.6 is 0 Å². The molecule has 23 heavy (non-hydrogen) atoms. The van der Waals surface area contributed by atoms with Crippen molar-refractivity contribution in [1.82, 2.24) is 19.9 Å². The second-order valence-electron chi connectivity index (χ2n) is 4.95. The molecule has 0 amide bonds. The molecule has 0 fully saturated rings. The van der Waals surface area contributed by atoms with E-state index in [9.17, 15) is 0 Å². The van der Waals surface area contributed by atoms with E-state index in [0.29, 0.717) is 30.9 Å². The van der Waals surface area contributed by atoms with E-state index in [4.69, 9.17) is 5.11 Å². The second-order valence-corrected chi connectivity index (χ2v) is 4.95. The largest absolute Gasteiger partial charge is 0.395 e. The first-order valence-electron chi connectivity index (χ1n) is 7.79. The van der Waals surface area contributed by atoms with Crippen molar-refractivity contribution in [1.29, 1.82) is 0 Å². The lowest BCUT2D eigenvalue weighted by molar-refractivity contribution is 0.311. The Bertz CT molecular complexity index is 579. The molecule has 2 aromatic rings. The Balaban J connectivity index is 2.04. The van der Waals surface area contributed by atoms with E-state index >= 15 is 0 Å². The monoisotopic (exact) mass is 317 g/mol. The summed E-state index contributed by atoms with van der Waals surface area (Å²) >= 11 is 0. The molecule has 0 aromatic carbocycles. The molecule has 2 rings (SSSR count). The van der Waals surface area contributed by atoms with Crippen LogP contribution in [0.2, 0.25) is 0 Å². The van der Waals surface area contributed by atoms with Gasteiger partial charge in [0.05, 0.1) is 6.61 Å². The van der Waals surface area contributed by atoms with Crippen molar-refractivity contribution in [3.63, 3.8) is 0 Å². The van der Waals surface area contributed by atoms with E-state index in [-0.39, 0.29) is 6.61 Å². The van der Waals surface area contributed by atoms with Crippen LogP contribution in [0.25, 0.3) is 0 Å². The van der Waals surface area contributed by atoms with Crippen molar-refractivity contribution in [3.05, 3.63) is 30.1 Å². The highest BCUT2D eigenvalue weighted by Crippen LogP contribution is 2.10. The van der Waals surface area contributed by atoms with Crippen LogP contribution in [0.3, 0.4) is 0 Å². The minimum absolute atomic E-state index is 0.0179. The Morgan fingerprint density at radius 2 is 1.52 bits per heavy atom. The topological polar surface area (TPSA) is 108 Å². The number of aliphatic hydroxyl groups excluding tert-OH is 1. The molecule has 4 N–H and O–H groups in total. The predicted molar refractivity (Wildman–Crippen MR) is 90.4 cm³/mol. The van der Waals surface area contributed by atoms with Gasteiger partial charge in [-0.3, -0.25) is 4.98 Å². The Hall–Kier alpha value is -2.48. The molecule has 2 aromatic heterocycles. The van der Waals surface area contributed by atoms with E-state index in [2.05, 4.69) is 42.8 Å². The van der Waals surface area contributed by atoms with E-state index < -0.39 is 0 Å². The molecule has 8 heteroatoms. The quantitative estimate of drug-likeness (QED) is 0.488. The van der Waals surface area contributed by atoms with Gasteiger partial charge in [-0.25, -0.2) is 0 Å². The molecule has 8 nitrogen and oxygen atoms in total. The van der Waals surface area contributed by atoms with Gasteiger partial charge in [0.15, 0.2) is 0 Å². The molecule has 2 heterocycles. The summed E-state index contributed by atoms with van der Waals surface area (Å²) in [7, 11) is 0. The van der Waals surface area contributed by atoms with Crippen molar-refractivity contribution < 1.29 is 5.11 Å². The molecule has 0 aliphatic carbocycles. The number of nitrogens with zero attached hydrogens (tertiary/aromatic N) is 4. The zero-order valence-electron chi connectivity index (χ0n) is 13.3. The van der Waals surface area contributed by atoms with Crippen LogP contribution in [0.1, 0.15) is 25.3 Å². The Labute approximate surface area is 135 Å². The smallest absolute Gasteiger partial charge is 0.229 e. The van der Waals surface area contributed by atoms with Crippen LogP contribution in [0, 0.1) is 0 Å². The van der Waals surface area contributed by atoms with Crippen LogP contribution in [-0.2, 0) is 6.54 Å². The van der Waals surface area contributed by atoms with E-state index in [0.717, 1.165) is 24.9 Å². The summed E-state index contributed by atoms with van der Waals surface area (Å²) in [4.78, 5) is 17.0. The molecule has 0 radical (unpaired) electrons. The van der Waals surface area contributed by atoms with Crippen molar-refractivity contribution in [2.45, 2.75) is 26.3 Å². The van der Waals surface area contributed by atoms with Crippen molar-refractivity contribution in [2.24, 2.45) is 0 Å². The standard InChI is InChI=1S/C15H23N7O/c1-2-3-6-17-13-20-14(18-9-10-23)22-15(21-13)19-11-12-4-7-16-8-5-12/h4-5,7-8,23H,2-3,6,9-11H2,1H3,(H3,17,18,19,20,21,22). The van der Waals surface area contributed by atoms with Gasteiger partial charge in [-0.05, 0) is 24.1 Å². The van der Waals surface area contributed by atoms with E-state index in [1.165, 1.54) is 0 Å². The molecule has 0 atom stereocenters. The lowest BCUT2D eigenvalue weighted by atomic mass is 10.3. The maximum absolute atomic E-state index is 8.92. The zero-order valence-corrected chi connectivity index (χ0v) is 13.3. The average Bonchev–Trinajstić information content (AvgIpc) is 2.59. The third-order valence-electron chi connectivity index (χ3n) is 3.04. The van der Waals surface area contributed by atoms with Crippen LogP contribution in [-0.4, -0.2) is 44.7 Å². The molecule has 0 aliphatic rings. The van der Waals surface area contributed by atoms with Crippen molar-refractivity contribution in [2.75, 3.05) is 35.6 Å². The fourth-order valence-corrected chi connectivity index (χ4v) is 1.84. The average molecular weight is 317 g/mol. The summed E-state index contributed by atoms with van der Waals surface area (Å²) in [5.41, 5.74) is 1.09. The van der Waals surface area contributed by atoms with Crippen molar-refractivity contribution in [3.8, 4) is 0 Å². The number of rotatable bonds is 10. The highest BCUT2D eigenvalue weighted by Gasteiger charge is 2.06. The maximum Gasteiger partial charge on any atom is 0.229 e. The van der Waals surface area contributed by atoms with Gasteiger partial charge in [0.1, 0.15) is 0 Å². The first-order chi connectivity index (χ1) is 11.3. The maximum atomic E-state index is 8.92. The SMILES string of the molecule is CCCCNc1nc(NCCO)nc(NCc2ccncc2)n1. The van der Waals surface area contributed by atoms with Crippen LogP contribution in [0.5, 0.6) is 0 Å². The minimum Gasteiger partial charge on any atom is -0.395 e. The number of aliphatic hydroxyl groups is 1. The lowest BCUT2D eigenvalue weighted by Gasteiger charge is -2.10. The highest BCUT2D eigenvalue weighted by atomic mass is 16.3. The zero-order chi connectivity index (χ0) is 16.3. The molecule has 0 bridgehead atoms. The van der Waals surface area contributed by atoms with Crippen LogP contribution in [0.4, 0.5) is 17.8 Å². The highest BCUT2D eigenvalue weighted by molar-refractivity contribution is 5.42. The summed E-state index contributed by atoms with van der Waals surface area (Å²) < 4.78 is 0. The Kier molecular flexibility index (Phi) is 6.99. The first-order valence-corrected chi connectivity index (χ1v) is 7.79. The normalized spacial score (nSPS) is 10.3. The molecule has 0 saturated carbocycles. The number of hydrogen-bond donors (Lipinski definition) is 4. The molecule has 124 valence electrons. The fraction of sp³-hybridized carbons (Fsp3) is 0.467. The van der Waals surface area contributed by atoms with Crippen LogP contribution < -0.4 is 16.0 Å². The second kappa shape index (κ2) is 9.52. The van der Waals surface area contributed by atoms with Gasteiger partial charge in [-0.2, -0.15) is 15.0 Å². The van der Waals surface area contributed by atoms with Gasteiger partial charge < -0.3 is 21.1 Å². The number of nitrogens with one attached hydrogen (secondary N) is 3. The van der Waals surface area contributed by atoms with Gasteiger partial charge in [0.25, 0.3) is 0 Å². The van der Waals surface area contributed by atoms with Gasteiger partial charge >= 0.3 is 0 Å².